The predicted molar refractivity (Wildman–Crippen MR) is 124 cm³/mol. The number of nitro benzene ring substituents is 1. The van der Waals surface area contributed by atoms with E-state index in [2.05, 4.69) is 16.4 Å². The summed E-state index contributed by atoms with van der Waals surface area (Å²) in [6, 6.07) is 12.4. The number of thiazole rings is 1. The van der Waals surface area contributed by atoms with E-state index in [9.17, 15) is 20.2 Å². The van der Waals surface area contributed by atoms with Gasteiger partial charge in [-0.05, 0) is 30.3 Å². The lowest BCUT2D eigenvalue weighted by molar-refractivity contribution is -0.384. The number of non-ortho nitro benzene ring substituents is 1. The lowest BCUT2D eigenvalue weighted by Gasteiger charge is -2.03. The smallest absolute Gasteiger partial charge is 0.345 e. The van der Waals surface area contributed by atoms with E-state index in [1.807, 2.05) is 0 Å². The first kappa shape index (κ1) is 21.5. The van der Waals surface area contributed by atoms with Crippen LogP contribution in [0.1, 0.15) is 5.01 Å². The number of nitriles is 1. The van der Waals surface area contributed by atoms with Crippen LogP contribution in [0.5, 0.6) is 0 Å². The average Bonchev–Trinajstić information content (AvgIpc) is 3.25. The molecule has 32 heavy (non-hydrogen) atoms. The zero-order valence-electron chi connectivity index (χ0n) is 15.8. The minimum absolute atomic E-state index is 0.126. The molecule has 2 aromatic carbocycles. The topological polar surface area (TPSA) is 122 Å². The Morgan fingerprint density at radius 1 is 1.22 bits per heavy atom. The third-order valence-electron chi connectivity index (χ3n) is 4.36. The number of rotatable bonds is 5. The summed E-state index contributed by atoms with van der Waals surface area (Å²) in [5, 5.41) is 26.7. The number of hydrogen-bond donors (Lipinski definition) is 1. The highest BCUT2D eigenvalue weighted by molar-refractivity contribution is 7.11. The van der Waals surface area contributed by atoms with Gasteiger partial charge in [0.05, 0.1) is 26.2 Å². The fourth-order valence-corrected chi connectivity index (χ4v) is 3.89. The summed E-state index contributed by atoms with van der Waals surface area (Å²) in [5.41, 5.74) is 0.745. The average molecular weight is 485 g/mol. The number of nitro groups is 1. The highest BCUT2D eigenvalue weighted by atomic mass is 35.5. The molecule has 0 aliphatic rings. The van der Waals surface area contributed by atoms with E-state index in [0.29, 0.717) is 31.8 Å². The number of hydrogen-bond acceptors (Lipinski definition) is 8. The van der Waals surface area contributed by atoms with Crippen LogP contribution in [0.3, 0.4) is 0 Å². The maximum Gasteiger partial charge on any atom is 0.345 e. The van der Waals surface area contributed by atoms with Crippen molar-refractivity contribution in [3.8, 4) is 17.3 Å². The van der Waals surface area contributed by atoms with Crippen LogP contribution in [0.15, 0.2) is 63.3 Å². The van der Waals surface area contributed by atoms with Crippen molar-refractivity contribution in [1.82, 2.24) is 4.98 Å². The molecule has 0 spiro atoms. The van der Waals surface area contributed by atoms with Crippen molar-refractivity contribution < 1.29 is 9.34 Å². The lowest BCUT2D eigenvalue weighted by atomic mass is 10.1. The second-order valence-electron chi connectivity index (χ2n) is 6.41. The van der Waals surface area contributed by atoms with Gasteiger partial charge in [-0.3, -0.25) is 10.1 Å². The molecule has 0 fully saturated rings. The Balaban J connectivity index is 1.67. The maximum atomic E-state index is 12.4. The molecule has 0 aliphatic heterocycles. The Bertz CT molecular complexity index is 1500. The van der Waals surface area contributed by atoms with Crippen LogP contribution in [0.25, 0.3) is 27.8 Å². The van der Waals surface area contributed by atoms with Crippen molar-refractivity contribution in [1.29, 1.82) is 5.26 Å². The molecule has 8 nitrogen and oxygen atoms in total. The molecular weight excluding hydrogens is 475 g/mol. The van der Waals surface area contributed by atoms with Crippen LogP contribution in [0.4, 0.5) is 11.4 Å². The molecule has 1 N–H and O–H groups in total. The van der Waals surface area contributed by atoms with Crippen LogP contribution in [-0.2, 0) is 0 Å². The Hall–Kier alpha value is -3.71. The number of benzene rings is 2. The second-order valence-corrected chi connectivity index (χ2v) is 8.08. The SMILES string of the molecule is N#C/C(=C/Nc1ccc(Cl)c(Cl)c1)c1nc(-c2cc3cc([N+](=O)[O-])ccc3oc2=O)cs1. The van der Waals surface area contributed by atoms with Crippen molar-refractivity contribution in [2.75, 3.05) is 5.32 Å². The summed E-state index contributed by atoms with van der Waals surface area (Å²) in [7, 11) is 0. The van der Waals surface area contributed by atoms with Gasteiger partial charge in [-0.2, -0.15) is 5.26 Å². The molecule has 0 aliphatic carbocycles. The van der Waals surface area contributed by atoms with Gasteiger partial charge in [0.2, 0.25) is 0 Å². The third-order valence-corrected chi connectivity index (χ3v) is 5.97. The zero-order chi connectivity index (χ0) is 22.8. The Morgan fingerprint density at radius 3 is 2.75 bits per heavy atom. The number of nitrogens with zero attached hydrogens (tertiary/aromatic N) is 3. The second kappa shape index (κ2) is 8.80. The third kappa shape index (κ3) is 4.33. The van der Waals surface area contributed by atoms with E-state index in [4.69, 9.17) is 27.6 Å². The number of aromatic nitrogens is 1. The van der Waals surface area contributed by atoms with Crippen molar-refractivity contribution in [2.24, 2.45) is 0 Å². The number of nitrogens with one attached hydrogen (secondary N) is 1. The highest BCUT2D eigenvalue weighted by Gasteiger charge is 2.15. The number of allylic oxidation sites excluding steroid dienone is 1. The van der Waals surface area contributed by atoms with Crippen molar-refractivity contribution in [2.45, 2.75) is 0 Å². The normalized spacial score (nSPS) is 11.3. The van der Waals surface area contributed by atoms with Gasteiger partial charge in [0.1, 0.15) is 22.2 Å². The molecule has 0 saturated carbocycles. The number of anilines is 1. The van der Waals surface area contributed by atoms with Gasteiger partial charge >= 0.3 is 5.63 Å². The standard InChI is InChI=1S/C21H10Cl2N4O4S/c22-16-3-1-13(7-17(16)23)25-9-12(8-24)20-26-18(10-32-20)15-6-11-5-14(27(29)30)2-4-19(11)31-21(15)28/h1-7,9-10,25H/b12-9-. The van der Waals surface area contributed by atoms with Gasteiger partial charge in [0.15, 0.2) is 0 Å². The molecule has 2 heterocycles. The minimum atomic E-state index is -0.639. The van der Waals surface area contributed by atoms with E-state index in [1.165, 1.54) is 30.5 Å². The molecule has 0 radical (unpaired) electrons. The Labute approximate surface area is 194 Å². The maximum absolute atomic E-state index is 12.4. The summed E-state index contributed by atoms with van der Waals surface area (Å²) < 4.78 is 5.28. The van der Waals surface area contributed by atoms with E-state index in [0.717, 1.165) is 11.3 Å². The largest absolute Gasteiger partial charge is 0.422 e. The van der Waals surface area contributed by atoms with Gasteiger partial charge in [0.25, 0.3) is 5.69 Å². The van der Waals surface area contributed by atoms with Gasteiger partial charge in [-0.15, -0.1) is 11.3 Å². The Morgan fingerprint density at radius 2 is 2.03 bits per heavy atom. The molecule has 0 saturated heterocycles. The van der Waals surface area contributed by atoms with Gasteiger partial charge in [-0.25, -0.2) is 9.78 Å². The molecule has 0 atom stereocenters. The first-order valence-electron chi connectivity index (χ1n) is 8.86. The van der Waals surface area contributed by atoms with Gasteiger partial charge < -0.3 is 9.73 Å². The van der Waals surface area contributed by atoms with Crippen molar-refractivity contribution in [3.05, 3.63) is 89.6 Å². The van der Waals surface area contributed by atoms with Crippen LogP contribution in [-0.4, -0.2) is 9.91 Å². The van der Waals surface area contributed by atoms with E-state index in [1.54, 1.807) is 23.6 Å². The van der Waals surface area contributed by atoms with Crippen LogP contribution in [0.2, 0.25) is 10.0 Å². The molecule has 4 rings (SSSR count). The quantitative estimate of drug-likeness (QED) is 0.157. The summed E-state index contributed by atoms with van der Waals surface area (Å²) in [5.74, 6) is 0. The monoisotopic (exact) mass is 484 g/mol. The molecule has 11 heteroatoms. The van der Waals surface area contributed by atoms with Crippen molar-refractivity contribution in [3.63, 3.8) is 0 Å². The Kier molecular flexibility index (Phi) is 5.92. The summed E-state index contributed by atoms with van der Waals surface area (Å²) >= 11 is 13.1. The van der Waals surface area contributed by atoms with Crippen LogP contribution >= 0.6 is 34.5 Å². The minimum Gasteiger partial charge on any atom is -0.422 e. The molecular formula is C21H10Cl2N4O4S. The van der Waals surface area contributed by atoms with Crippen LogP contribution < -0.4 is 10.9 Å². The van der Waals surface area contributed by atoms with E-state index >= 15 is 0 Å². The van der Waals surface area contributed by atoms with Crippen molar-refractivity contribution >= 4 is 62.5 Å². The first-order valence-corrected chi connectivity index (χ1v) is 10.5. The fraction of sp³-hybridized carbons (Fsp3) is 0. The summed E-state index contributed by atoms with van der Waals surface area (Å²) in [6.07, 6.45) is 1.47. The van der Waals surface area contributed by atoms with Gasteiger partial charge in [0, 0.05) is 34.8 Å². The molecule has 158 valence electrons. The molecule has 4 aromatic rings. The lowest BCUT2D eigenvalue weighted by Crippen LogP contribution is -2.03. The zero-order valence-corrected chi connectivity index (χ0v) is 18.2. The molecule has 2 aromatic heterocycles. The molecule has 0 bridgehead atoms. The van der Waals surface area contributed by atoms with E-state index in [-0.39, 0.29) is 22.4 Å². The van der Waals surface area contributed by atoms with E-state index < -0.39 is 10.5 Å². The molecule has 0 amide bonds. The fourth-order valence-electron chi connectivity index (χ4n) is 2.81. The summed E-state index contributed by atoms with van der Waals surface area (Å²) in [6.45, 7) is 0. The highest BCUT2D eigenvalue weighted by Crippen LogP contribution is 2.29. The molecule has 0 unspecified atom stereocenters. The summed E-state index contributed by atoms with van der Waals surface area (Å²) in [4.78, 5) is 27.3. The van der Waals surface area contributed by atoms with Gasteiger partial charge in [-0.1, -0.05) is 23.2 Å². The first-order chi connectivity index (χ1) is 15.4. The number of halogens is 2. The number of fused-ring (bicyclic) bond motifs is 1. The van der Waals surface area contributed by atoms with Crippen LogP contribution in [0, 0.1) is 21.4 Å². The predicted octanol–water partition coefficient (Wildman–Crippen LogP) is 6.11.